The number of Topliss-reactive ketones (excluding diaryl/α,β-unsaturated/α-hetero) is 1. The molecule has 0 aromatic heterocycles. The second-order valence-electron chi connectivity index (χ2n) is 9.07. The summed E-state index contributed by atoms with van der Waals surface area (Å²) in [6.07, 6.45) is 2.22. The van der Waals surface area contributed by atoms with Gasteiger partial charge in [0.2, 0.25) is 12.5 Å². The third kappa shape index (κ3) is 4.42. The van der Waals surface area contributed by atoms with Gasteiger partial charge in [-0.1, -0.05) is 0 Å². The third-order valence-electron chi connectivity index (χ3n) is 7.04. The maximum Gasteiger partial charge on any atom is 0.295 e. The summed E-state index contributed by atoms with van der Waals surface area (Å²) >= 11 is 0. The average Bonchev–Trinajstić information content (AvgIpc) is 3.66. The molecule has 2 saturated heterocycles. The van der Waals surface area contributed by atoms with Gasteiger partial charge in [0.1, 0.15) is 5.76 Å². The Bertz CT molecular complexity index is 1230. The van der Waals surface area contributed by atoms with Crippen molar-refractivity contribution in [3.63, 3.8) is 0 Å². The molecule has 0 aliphatic carbocycles. The van der Waals surface area contributed by atoms with Gasteiger partial charge in [0.25, 0.3) is 11.7 Å². The molecular formula is C27H30N2O8. The number of aliphatic hydroxyl groups excluding tert-OH is 1. The van der Waals surface area contributed by atoms with E-state index in [0.29, 0.717) is 53.0 Å². The molecule has 1 atom stereocenters. The van der Waals surface area contributed by atoms with Gasteiger partial charge in [-0.25, -0.2) is 0 Å². The van der Waals surface area contributed by atoms with E-state index < -0.39 is 17.7 Å². The van der Waals surface area contributed by atoms with Crippen LogP contribution < -0.4 is 23.7 Å². The van der Waals surface area contributed by atoms with Crippen molar-refractivity contribution < 1.29 is 38.4 Å². The van der Waals surface area contributed by atoms with Gasteiger partial charge in [-0.05, 0) is 61.8 Å². The van der Waals surface area contributed by atoms with Crippen molar-refractivity contribution in [1.82, 2.24) is 9.80 Å². The zero-order valence-corrected chi connectivity index (χ0v) is 21.1. The van der Waals surface area contributed by atoms with Crippen LogP contribution >= 0.6 is 0 Å². The molecule has 0 saturated carbocycles. The molecule has 196 valence electrons. The highest BCUT2D eigenvalue weighted by atomic mass is 16.7. The van der Waals surface area contributed by atoms with Crippen LogP contribution in [-0.2, 0) is 9.59 Å². The zero-order chi connectivity index (χ0) is 26.1. The number of rotatable bonds is 8. The largest absolute Gasteiger partial charge is 0.507 e. The number of nitrogens with zero attached hydrogens (tertiary/aromatic N) is 2. The molecule has 0 spiro atoms. The third-order valence-corrected chi connectivity index (χ3v) is 7.04. The quantitative estimate of drug-likeness (QED) is 0.326. The summed E-state index contributed by atoms with van der Waals surface area (Å²) in [6.45, 7) is 2.93. The van der Waals surface area contributed by atoms with E-state index in [1.807, 2.05) is 0 Å². The lowest BCUT2D eigenvalue weighted by atomic mass is 9.94. The number of hydrogen-bond acceptors (Lipinski definition) is 9. The van der Waals surface area contributed by atoms with Crippen LogP contribution in [0.15, 0.2) is 35.9 Å². The number of carbonyl (C=O) groups is 2. The summed E-state index contributed by atoms with van der Waals surface area (Å²) in [5.41, 5.74) is 0.885. The van der Waals surface area contributed by atoms with Gasteiger partial charge < -0.3 is 38.6 Å². The van der Waals surface area contributed by atoms with Crippen LogP contribution in [0.25, 0.3) is 5.76 Å². The topological polar surface area (TPSA) is 107 Å². The van der Waals surface area contributed by atoms with Crippen LogP contribution in [0.5, 0.6) is 28.7 Å². The molecule has 3 aliphatic rings. The van der Waals surface area contributed by atoms with Crippen molar-refractivity contribution in [1.29, 1.82) is 0 Å². The van der Waals surface area contributed by atoms with Gasteiger partial charge >= 0.3 is 0 Å². The maximum absolute atomic E-state index is 13.4. The van der Waals surface area contributed by atoms with E-state index in [0.717, 1.165) is 25.9 Å². The van der Waals surface area contributed by atoms with E-state index in [2.05, 4.69) is 4.90 Å². The molecule has 1 amide bonds. The van der Waals surface area contributed by atoms with Crippen molar-refractivity contribution in [3.8, 4) is 28.7 Å². The first kappa shape index (κ1) is 24.8. The molecule has 0 radical (unpaired) electrons. The Labute approximate surface area is 214 Å². The van der Waals surface area contributed by atoms with E-state index in [1.165, 1.54) is 26.2 Å². The molecule has 1 N–H and O–H groups in total. The average molecular weight is 511 g/mol. The van der Waals surface area contributed by atoms with Crippen LogP contribution in [0.2, 0.25) is 0 Å². The predicted octanol–water partition coefficient (Wildman–Crippen LogP) is 2.96. The highest BCUT2D eigenvalue weighted by molar-refractivity contribution is 6.46. The van der Waals surface area contributed by atoms with Crippen molar-refractivity contribution in [2.45, 2.75) is 18.9 Å². The van der Waals surface area contributed by atoms with Crippen LogP contribution in [-0.4, -0.2) is 80.9 Å². The van der Waals surface area contributed by atoms with Gasteiger partial charge in [0, 0.05) is 18.7 Å². The lowest BCUT2D eigenvalue weighted by molar-refractivity contribution is -0.140. The normalized spacial score (nSPS) is 20.5. The number of benzene rings is 2. The smallest absolute Gasteiger partial charge is 0.295 e. The summed E-state index contributed by atoms with van der Waals surface area (Å²) in [5, 5.41) is 11.4. The second kappa shape index (κ2) is 10.2. The fraction of sp³-hybridized carbons (Fsp3) is 0.407. The lowest BCUT2D eigenvalue weighted by Crippen LogP contribution is -2.37. The van der Waals surface area contributed by atoms with E-state index in [9.17, 15) is 14.7 Å². The number of fused-ring (bicyclic) bond motifs is 1. The Morgan fingerprint density at radius 1 is 0.946 bits per heavy atom. The van der Waals surface area contributed by atoms with Crippen molar-refractivity contribution >= 4 is 17.4 Å². The number of ketones is 1. The number of methoxy groups -OCH3 is 3. The fourth-order valence-corrected chi connectivity index (χ4v) is 5.17. The summed E-state index contributed by atoms with van der Waals surface area (Å²) in [5.74, 6) is 0.434. The van der Waals surface area contributed by atoms with E-state index in [1.54, 1.807) is 30.3 Å². The van der Waals surface area contributed by atoms with Crippen molar-refractivity contribution in [3.05, 3.63) is 47.0 Å². The van der Waals surface area contributed by atoms with Crippen LogP contribution in [0.1, 0.15) is 30.0 Å². The molecular weight excluding hydrogens is 480 g/mol. The van der Waals surface area contributed by atoms with E-state index >= 15 is 0 Å². The maximum atomic E-state index is 13.4. The first-order valence-corrected chi connectivity index (χ1v) is 12.2. The number of aliphatic hydroxyl groups is 1. The van der Waals surface area contributed by atoms with Crippen LogP contribution in [0, 0.1) is 0 Å². The first-order valence-electron chi connectivity index (χ1n) is 12.2. The Morgan fingerprint density at radius 2 is 1.62 bits per heavy atom. The number of carbonyl (C=O) groups excluding carboxylic acids is 2. The minimum Gasteiger partial charge on any atom is -0.507 e. The standard InChI is InChI=1S/C27H30N2O8/c1-33-20-13-17(14-21(34-2)26(20)35-3)23-22(24(30)16-6-7-18-19(12-16)37-15-36-18)25(31)27(32)29(23)11-10-28-8-4-5-9-28/h6-7,12-14,23,30H,4-5,8-11,15H2,1-3H3/t23-/m0/s1. The number of amides is 1. The highest BCUT2D eigenvalue weighted by Gasteiger charge is 2.46. The van der Waals surface area contributed by atoms with Gasteiger partial charge in [0.15, 0.2) is 23.0 Å². The molecule has 10 nitrogen and oxygen atoms in total. The van der Waals surface area contributed by atoms with Crippen molar-refractivity contribution in [2.24, 2.45) is 0 Å². The molecule has 2 aromatic carbocycles. The minimum atomic E-state index is -0.860. The molecule has 2 aromatic rings. The number of ether oxygens (including phenoxy) is 5. The summed E-state index contributed by atoms with van der Waals surface area (Å²) in [6, 6.07) is 7.44. The van der Waals surface area contributed by atoms with Gasteiger partial charge in [-0.15, -0.1) is 0 Å². The summed E-state index contributed by atoms with van der Waals surface area (Å²) in [4.78, 5) is 30.5. The molecule has 2 fully saturated rings. The molecule has 0 unspecified atom stereocenters. The Kier molecular flexibility index (Phi) is 6.84. The molecule has 37 heavy (non-hydrogen) atoms. The summed E-state index contributed by atoms with van der Waals surface area (Å²) in [7, 11) is 4.50. The molecule has 0 bridgehead atoms. The van der Waals surface area contributed by atoms with Crippen LogP contribution in [0.3, 0.4) is 0 Å². The molecule has 3 aliphatic heterocycles. The summed E-state index contributed by atoms with van der Waals surface area (Å²) < 4.78 is 27.3. The fourth-order valence-electron chi connectivity index (χ4n) is 5.17. The van der Waals surface area contributed by atoms with E-state index in [4.69, 9.17) is 23.7 Å². The van der Waals surface area contributed by atoms with E-state index in [-0.39, 0.29) is 18.1 Å². The van der Waals surface area contributed by atoms with Gasteiger partial charge in [0.05, 0.1) is 32.9 Å². The molecule has 5 rings (SSSR count). The van der Waals surface area contributed by atoms with Crippen LogP contribution in [0.4, 0.5) is 0 Å². The molecule has 10 heteroatoms. The van der Waals surface area contributed by atoms with Gasteiger partial charge in [-0.2, -0.15) is 0 Å². The monoisotopic (exact) mass is 510 g/mol. The predicted molar refractivity (Wildman–Crippen MR) is 133 cm³/mol. The minimum absolute atomic E-state index is 0.0143. The Balaban J connectivity index is 1.63. The Hall–Kier alpha value is -3.92. The first-order chi connectivity index (χ1) is 18.0. The lowest BCUT2D eigenvalue weighted by Gasteiger charge is -2.28. The highest BCUT2D eigenvalue weighted by Crippen LogP contribution is 2.46. The number of likely N-dealkylation sites (tertiary alicyclic amines) is 2. The zero-order valence-electron chi connectivity index (χ0n) is 21.1. The van der Waals surface area contributed by atoms with Gasteiger partial charge in [-0.3, -0.25) is 9.59 Å². The second-order valence-corrected chi connectivity index (χ2v) is 9.07. The Morgan fingerprint density at radius 3 is 2.27 bits per heavy atom. The number of hydrogen-bond donors (Lipinski definition) is 1. The molecule has 3 heterocycles. The SMILES string of the molecule is COc1cc([C@H]2C(=C(O)c3ccc4c(c3)OCO4)C(=O)C(=O)N2CCN2CCCC2)cc(OC)c1OC. The van der Waals surface area contributed by atoms with Crippen molar-refractivity contribution in [2.75, 3.05) is 54.3 Å².